The summed E-state index contributed by atoms with van der Waals surface area (Å²) in [5, 5.41) is 87.8. The molecule has 1 saturated heterocycles. The average Bonchev–Trinajstić information content (AvgIpc) is 3.32. The van der Waals surface area contributed by atoms with Crippen molar-refractivity contribution in [2.45, 2.75) is 127 Å². The molecule has 32 nitrogen and oxygen atoms in total. The Morgan fingerprint density at radius 2 is 1.42 bits per heavy atom. The van der Waals surface area contributed by atoms with Gasteiger partial charge in [0, 0.05) is 25.7 Å². The van der Waals surface area contributed by atoms with Crippen LogP contribution in [0.4, 0.5) is 0 Å². The van der Waals surface area contributed by atoms with Gasteiger partial charge in [0.2, 0.25) is 47.8 Å². The van der Waals surface area contributed by atoms with Crippen LogP contribution in [0.15, 0.2) is 16.8 Å². The van der Waals surface area contributed by atoms with Gasteiger partial charge in [-0.15, -0.1) is 0 Å². The molecule has 0 radical (unpaired) electrons. The molecule has 406 valence electrons. The second-order valence-electron chi connectivity index (χ2n) is 16.5. The summed E-state index contributed by atoms with van der Waals surface area (Å²) >= 11 is 0. The number of aliphatic carboxylic acids is 1. The van der Waals surface area contributed by atoms with E-state index in [-0.39, 0.29) is 69.2 Å². The van der Waals surface area contributed by atoms with Crippen LogP contribution in [0.5, 0.6) is 0 Å². The summed E-state index contributed by atoms with van der Waals surface area (Å²) in [5.74, 6) is -13.6. The third-order valence-electron chi connectivity index (χ3n) is 10.7. The van der Waals surface area contributed by atoms with Crippen LogP contribution in [-0.4, -0.2) is 211 Å². The van der Waals surface area contributed by atoms with Gasteiger partial charge in [-0.2, -0.15) is 0 Å². The summed E-state index contributed by atoms with van der Waals surface area (Å²) in [6.07, 6.45) is -4.75. The molecule has 1 rings (SSSR count). The molecule has 0 aromatic carbocycles. The van der Waals surface area contributed by atoms with Crippen LogP contribution in [0.3, 0.4) is 0 Å². The molecule has 0 aromatic heterocycles. The molecule has 11 atom stereocenters. The quantitative estimate of drug-likeness (QED) is 0.00583. The number of amides is 10. The maximum absolute atomic E-state index is 13.6. The summed E-state index contributed by atoms with van der Waals surface area (Å²) in [6, 6.07) is -11.2. The normalized spacial score (nSPS) is 17.8. The van der Waals surface area contributed by atoms with E-state index in [4.69, 9.17) is 17.2 Å². The van der Waals surface area contributed by atoms with E-state index in [0.29, 0.717) is 11.5 Å². The number of hydroxylamine groups is 4. The number of nitrogens with zero attached hydrogens (tertiary/aromatic N) is 3. The zero-order valence-electron chi connectivity index (χ0n) is 40.0. The van der Waals surface area contributed by atoms with E-state index in [9.17, 15) is 88.7 Å². The average molecular weight is 1030 g/mol. The number of hydrogen-bond donors (Lipinski definition) is 18. The number of guanidine groups is 1. The highest BCUT2D eigenvalue weighted by Gasteiger charge is 2.39. The van der Waals surface area contributed by atoms with E-state index in [1.165, 1.54) is 20.8 Å². The maximum Gasteiger partial charge on any atom is 0.335 e. The fourth-order valence-corrected chi connectivity index (χ4v) is 6.50. The second kappa shape index (κ2) is 31.3. The van der Waals surface area contributed by atoms with Crippen LogP contribution in [0.25, 0.3) is 0 Å². The zero-order valence-corrected chi connectivity index (χ0v) is 40.0. The molecular weight excluding hydrogens is 965 g/mol. The highest BCUT2D eigenvalue weighted by Crippen LogP contribution is 2.12. The number of carboxylic acid groups (broad SMARTS) is 1. The van der Waals surface area contributed by atoms with E-state index in [1.807, 2.05) is 10.6 Å². The van der Waals surface area contributed by atoms with Crippen LogP contribution < -0.4 is 59.7 Å². The van der Waals surface area contributed by atoms with Gasteiger partial charge in [0.1, 0.15) is 41.9 Å². The number of aliphatic hydroxyl groups is 4. The number of carbonyl (C=O) groups excluding carboxylic acids is 10. The van der Waals surface area contributed by atoms with Gasteiger partial charge in [0.25, 0.3) is 11.8 Å². The van der Waals surface area contributed by atoms with E-state index in [1.54, 1.807) is 0 Å². The molecule has 1 heterocycles. The van der Waals surface area contributed by atoms with Gasteiger partial charge in [0.15, 0.2) is 12.1 Å². The Hall–Kier alpha value is -7.10. The molecule has 32 heteroatoms. The van der Waals surface area contributed by atoms with Crippen molar-refractivity contribution < 1.29 is 88.7 Å². The van der Waals surface area contributed by atoms with E-state index in [0.717, 1.165) is 13.0 Å². The van der Waals surface area contributed by atoms with Crippen LogP contribution in [0, 0.1) is 5.92 Å². The molecule has 21 N–H and O–H groups in total. The van der Waals surface area contributed by atoms with Crippen molar-refractivity contribution in [1.82, 2.24) is 52.7 Å². The summed E-state index contributed by atoms with van der Waals surface area (Å²) in [7, 11) is 0. The molecule has 11 unspecified atom stereocenters. The van der Waals surface area contributed by atoms with Crippen molar-refractivity contribution in [2.75, 3.05) is 32.8 Å². The Morgan fingerprint density at radius 3 is 1.97 bits per heavy atom. The van der Waals surface area contributed by atoms with Gasteiger partial charge >= 0.3 is 5.97 Å². The van der Waals surface area contributed by atoms with Gasteiger partial charge in [-0.25, -0.2) is 14.9 Å². The molecule has 0 saturated carbocycles. The van der Waals surface area contributed by atoms with Gasteiger partial charge in [0.05, 0.1) is 31.3 Å². The van der Waals surface area contributed by atoms with Crippen LogP contribution in [0.1, 0.15) is 66.2 Å². The summed E-state index contributed by atoms with van der Waals surface area (Å²) in [5.41, 5.74) is 15.8. The van der Waals surface area contributed by atoms with E-state index >= 15 is 0 Å². The molecule has 0 aliphatic carbocycles. The molecule has 72 heavy (non-hydrogen) atoms. The Kier molecular flexibility index (Phi) is 27.3. The summed E-state index contributed by atoms with van der Waals surface area (Å²) < 4.78 is 0. The molecule has 1 aliphatic heterocycles. The number of nitrogens with one attached hydrogen (secondary N) is 8. The molecule has 0 aromatic rings. The number of aliphatic hydroxyl groups excluding tert-OH is 4. The summed E-state index contributed by atoms with van der Waals surface area (Å²) in [6.45, 7) is 2.48. The smallest absolute Gasteiger partial charge is 0.335 e. The molecular formula is C40H68N14O18. The van der Waals surface area contributed by atoms with E-state index in [2.05, 4.69) is 36.9 Å². The summed E-state index contributed by atoms with van der Waals surface area (Å²) in [4.78, 5) is 145. The Bertz CT molecular complexity index is 1990. The SMILES string of the molecule is CC=C(NC(=O)CNC(=O)C(NC(=O)C(NC(=O)C(C)C(O)C(C)N)C(O)C(=O)O)C(C)O)C(=O)NC(CCCN(O)C=O)C(=O)NC(CO)C(=O)NC(CCCN=C(N)N)C(=O)NC1CCCN(O)C1=O. The first-order valence-electron chi connectivity index (χ1n) is 22.4. The van der Waals surface area contributed by atoms with Crippen LogP contribution in [-0.2, 0) is 52.7 Å². The van der Waals surface area contributed by atoms with Crippen molar-refractivity contribution in [3.05, 3.63) is 11.8 Å². The van der Waals surface area contributed by atoms with Gasteiger partial charge < -0.3 is 85.3 Å². The number of carboxylic acids is 1. The number of nitrogens with two attached hydrogens (primary N) is 3. The lowest BCUT2D eigenvalue weighted by atomic mass is 9.97. The maximum atomic E-state index is 13.6. The van der Waals surface area contributed by atoms with Gasteiger partial charge in [-0.3, -0.25) is 63.4 Å². The second-order valence-corrected chi connectivity index (χ2v) is 16.5. The number of aliphatic imine (C=N–C) groups is 1. The first-order valence-corrected chi connectivity index (χ1v) is 22.4. The van der Waals surface area contributed by atoms with Gasteiger partial charge in [-0.1, -0.05) is 13.0 Å². The van der Waals surface area contributed by atoms with E-state index < -0.39 is 145 Å². The molecule has 1 fully saturated rings. The fraction of sp³-hybridized carbons (Fsp3) is 0.650. The third-order valence-corrected chi connectivity index (χ3v) is 10.7. The first kappa shape index (κ1) is 62.9. The van der Waals surface area contributed by atoms with Crippen molar-refractivity contribution in [1.29, 1.82) is 0 Å². The number of piperidine rings is 1. The minimum Gasteiger partial charge on any atom is -0.479 e. The topological polar surface area (TPSA) is 523 Å². The molecule has 0 spiro atoms. The highest BCUT2D eigenvalue weighted by atomic mass is 16.5. The Balaban J connectivity index is 3.19. The number of hydrogen-bond acceptors (Lipinski definition) is 19. The molecule has 0 bridgehead atoms. The minimum absolute atomic E-state index is 0.00921. The van der Waals surface area contributed by atoms with Crippen LogP contribution in [0.2, 0.25) is 0 Å². The Morgan fingerprint density at radius 1 is 0.833 bits per heavy atom. The number of rotatable bonds is 31. The lowest BCUT2D eigenvalue weighted by Gasteiger charge is -2.30. The predicted octanol–water partition coefficient (Wildman–Crippen LogP) is -9.11. The molecule has 1 aliphatic rings. The minimum atomic E-state index is -2.60. The molecule has 10 amide bonds. The van der Waals surface area contributed by atoms with Crippen molar-refractivity contribution in [3.8, 4) is 0 Å². The Labute approximate surface area is 411 Å². The number of carbonyl (C=O) groups is 11. The first-order chi connectivity index (χ1) is 33.7. The van der Waals surface area contributed by atoms with Crippen molar-refractivity contribution >= 4 is 71.5 Å². The third kappa shape index (κ3) is 21.1. The van der Waals surface area contributed by atoms with Crippen molar-refractivity contribution in [2.24, 2.45) is 28.1 Å². The standard InChI is InChI=1S/C40H68N14O18/c1-5-21(46-26(58)15-45-36(66)27(20(4)57)51-37(67)28(30(60)39(69)70)52-31(61)18(2)29(59)19(3)41)32(62)47-23(10-7-13-53(71)17-56)34(64)50-25(16-55)35(65)48-22(9-6-12-44-40(42)43)33(63)49-24-11-8-14-54(72)38(24)68/h5,17-20,22-25,27-30,55,57,59-60,71-72H,6-16,41H2,1-4H3,(H,45,66)(H,46,58)(H,47,62)(H,48,65)(H,49,63)(H,50,64)(H,51,67)(H,52,61)(H,69,70)(H4,42,43,44). The lowest BCUT2D eigenvalue weighted by molar-refractivity contribution is -0.173. The van der Waals surface area contributed by atoms with Crippen molar-refractivity contribution in [3.63, 3.8) is 0 Å². The van der Waals surface area contributed by atoms with Crippen LogP contribution >= 0.6 is 0 Å². The largest absolute Gasteiger partial charge is 0.479 e. The monoisotopic (exact) mass is 1030 g/mol. The zero-order chi connectivity index (χ0) is 55.0. The number of allylic oxidation sites excluding steroid dienone is 1. The predicted molar refractivity (Wildman–Crippen MR) is 244 cm³/mol. The lowest BCUT2D eigenvalue weighted by Crippen LogP contribution is -2.62. The highest BCUT2D eigenvalue weighted by molar-refractivity contribution is 6.02. The van der Waals surface area contributed by atoms with Gasteiger partial charge in [-0.05, 0) is 59.3 Å². The fourth-order valence-electron chi connectivity index (χ4n) is 6.50.